The van der Waals surface area contributed by atoms with E-state index < -0.39 is 26.6 Å². The highest BCUT2D eigenvalue weighted by molar-refractivity contribution is 7.89. The van der Waals surface area contributed by atoms with Gasteiger partial charge in [0.05, 0.1) is 18.5 Å². The third kappa shape index (κ3) is 4.18. The standard InChI is InChI=1S/C18H17FN4O4S/c1-12-7-8-23(21-12)14-9-13(10-15(11-14)27-2)18(24)20-22-28(25,26)17-6-4-3-5-16(17)19/h3-11,22H,1-2H3,(H,20,24). The summed E-state index contributed by atoms with van der Waals surface area (Å²) in [4.78, 5) is 13.8. The summed E-state index contributed by atoms with van der Waals surface area (Å²) in [6.45, 7) is 1.82. The first kappa shape index (κ1) is 19.5. The van der Waals surface area contributed by atoms with E-state index in [1.165, 1.54) is 31.4 Å². The fourth-order valence-electron chi connectivity index (χ4n) is 2.43. The molecule has 0 aliphatic carbocycles. The summed E-state index contributed by atoms with van der Waals surface area (Å²) in [5, 5.41) is 4.27. The molecule has 0 radical (unpaired) electrons. The Balaban J connectivity index is 1.83. The van der Waals surface area contributed by atoms with Crippen molar-refractivity contribution in [2.45, 2.75) is 11.8 Å². The number of rotatable bonds is 6. The molecule has 0 saturated heterocycles. The number of benzene rings is 2. The van der Waals surface area contributed by atoms with E-state index in [9.17, 15) is 17.6 Å². The molecule has 2 N–H and O–H groups in total. The smallest absolute Gasteiger partial charge is 0.266 e. The maximum atomic E-state index is 13.7. The van der Waals surface area contributed by atoms with Gasteiger partial charge in [0.2, 0.25) is 0 Å². The number of nitrogens with zero attached hydrogens (tertiary/aromatic N) is 2. The zero-order valence-electron chi connectivity index (χ0n) is 15.0. The number of ether oxygens (including phenoxy) is 1. The lowest BCUT2D eigenvalue weighted by atomic mass is 10.2. The summed E-state index contributed by atoms with van der Waals surface area (Å²) in [5.74, 6) is -1.29. The van der Waals surface area contributed by atoms with Crippen LogP contribution in [0.4, 0.5) is 4.39 Å². The van der Waals surface area contributed by atoms with Gasteiger partial charge in [0, 0.05) is 17.8 Å². The fourth-order valence-corrected chi connectivity index (χ4v) is 3.35. The number of nitrogens with one attached hydrogen (secondary N) is 2. The number of methoxy groups -OCH3 is 1. The molecule has 0 atom stereocenters. The molecule has 0 saturated carbocycles. The topological polar surface area (TPSA) is 102 Å². The van der Waals surface area contributed by atoms with Gasteiger partial charge in [-0.1, -0.05) is 12.1 Å². The number of carbonyl (C=O) groups is 1. The number of halogens is 1. The van der Waals surface area contributed by atoms with Crippen LogP contribution in [-0.4, -0.2) is 31.2 Å². The Morgan fingerprint density at radius 3 is 2.57 bits per heavy atom. The highest BCUT2D eigenvalue weighted by Gasteiger charge is 2.20. The minimum Gasteiger partial charge on any atom is -0.497 e. The van der Waals surface area contributed by atoms with Crippen LogP contribution in [0, 0.1) is 12.7 Å². The Bertz CT molecular complexity index is 1130. The minimum absolute atomic E-state index is 0.124. The first-order valence-electron chi connectivity index (χ1n) is 8.08. The van der Waals surface area contributed by atoms with Gasteiger partial charge in [-0.25, -0.2) is 17.5 Å². The van der Waals surface area contributed by atoms with Crippen LogP contribution in [0.1, 0.15) is 16.1 Å². The van der Waals surface area contributed by atoms with Crippen molar-refractivity contribution < 1.29 is 22.3 Å². The lowest BCUT2D eigenvalue weighted by Crippen LogP contribution is -2.41. The van der Waals surface area contributed by atoms with Crippen LogP contribution < -0.4 is 15.0 Å². The van der Waals surface area contributed by atoms with Gasteiger partial charge in [0.1, 0.15) is 16.5 Å². The van der Waals surface area contributed by atoms with E-state index in [4.69, 9.17) is 4.74 Å². The number of aryl methyl sites for hydroxylation is 1. The molecular formula is C18H17FN4O4S. The van der Waals surface area contributed by atoms with Crippen molar-refractivity contribution in [2.24, 2.45) is 0 Å². The Morgan fingerprint density at radius 1 is 1.18 bits per heavy atom. The van der Waals surface area contributed by atoms with E-state index in [2.05, 4.69) is 10.5 Å². The molecule has 8 nitrogen and oxygen atoms in total. The molecule has 3 aromatic rings. The number of carbonyl (C=O) groups excluding carboxylic acids is 1. The van der Waals surface area contributed by atoms with Crippen LogP contribution in [0.5, 0.6) is 5.75 Å². The molecule has 0 spiro atoms. The number of sulfonamides is 1. The second-order valence-electron chi connectivity index (χ2n) is 5.81. The molecule has 0 aliphatic rings. The van der Waals surface area contributed by atoms with Gasteiger partial charge in [0.15, 0.2) is 0 Å². The van der Waals surface area contributed by atoms with Gasteiger partial charge >= 0.3 is 0 Å². The molecule has 0 aliphatic heterocycles. The highest BCUT2D eigenvalue weighted by atomic mass is 32.2. The van der Waals surface area contributed by atoms with Crippen molar-refractivity contribution in [1.82, 2.24) is 20.0 Å². The lowest BCUT2D eigenvalue weighted by Gasteiger charge is -2.11. The van der Waals surface area contributed by atoms with E-state index in [1.54, 1.807) is 23.0 Å². The molecule has 0 fully saturated rings. The summed E-state index contributed by atoms with van der Waals surface area (Å²) in [5.41, 5.74) is 3.53. The number of aromatic nitrogens is 2. The molecule has 146 valence electrons. The third-order valence-corrected chi connectivity index (χ3v) is 5.08. The van der Waals surface area contributed by atoms with E-state index in [-0.39, 0.29) is 5.56 Å². The number of amides is 1. The molecular weight excluding hydrogens is 387 g/mol. The Morgan fingerprint density at radius 2 is 1.93 bits per heavy atom. The lowest BCUT2D eigenvalue weighted by molar-refractivity contribution is 0.0944. The summed E-state index contributed by atoms with van der Waals surface area (Å²) in [6, 6.07) is 11.3. The van der Waals surface area contributed by atoms with Crippen LogP contribution >= 0.6 is 0 Å². The molecule has 28 heavy (non-hydrogen) atoms. The van der Waals surface area contributed by atoms with E-state index in [0.717, 1.165) is 17.8 Å². The van der Waals surface area contributed by atoms with Crippen LogP contribution in [0.2, 0.25) is 0 Å². The zero-order valence-corrected chi connectivity index (χ0v) is 15.8. The average Bonchev–Trinajstić information content (AvgIpc) is 3.12. The summed E-state index contributed by atoms with van der Waals surface area (Å²) in [6.07, 6.45) is 1.71. The average molecular weight is 404 g/mol. The molecule has 10 heteroatoms. The Labute approximate surface area is 161 Å². The maximum absolute atomic E-state index is 13.7. The SMILES string of the molecule is COc1cc(C(=O)NNS(=O)(=O)c2ccccc2F)cc(-n2ccc(C)n2)c1. The molecule has 0 unspecified atom stereocenters. The van der Waals surface area contributed by atoms with Crippen molar-refractivity contribution >= 4 is 15.9 Å². The van der Waals surface area contributed by atoms with Gasteiger partial charge in [-0.3, -0.25) is 10.2 Å². The third-order valence-electron chi connectivity index (χ3n) is 3.80. The van der Waals surface area contributed by atoms with Crippen LogP contribution in [0.15, 0.2) is 59.6 Å². The number of hydrazine groups is 1. The predicted molar refractivity (Wildman–Crippen MR) is 99.0 cm³/mol. The molecule has 1 amide bonds. The highest BCUT2D eigenvalue weighted by Crippen LogP contribution is 2.20. The molecule has 2 aromatic carbocycles. The fraction of sp³-hybridized carbons (Fsp3) is 0.111. The molecule has 0 bridgehead atoms. The minimum atomic E-state index is -4.27. The second kappa shape index (κ2) is 7.79. The van der Waals surface area contributed by atoms with E-state index >= 15 is 0 Å². The number of hydrogen-bond acceptors (Lipinski definition) is 5. The second-order valence-corrected chi connectivity index (χ2v) is 7.46. The Hall–Kier alpha value is -3.24. The van der Waals surface area contributed by atoms with Crippen molar-refractivity contribution in [2.75, 3.05) is 7.11 Å². The summed E-state index contributed by atoms with van der Waals surface area (Å²) in [7, 11) is -2.83. The summed E-state index contributed by atoms with van der Waals surface area (Å²) < 4.78 is 44.9. The van der Waals surface area contributed by atoms with Gasteiger partial charge in [0.25, 0.3) is 15.9 Å². The predicted octanol–water partition coefficient (Wildman–Crippen LogP) is 1.95. The Kier molecular flexibility index (Phi) is 5.43. The molecule has 3 rings (SSSR count). The largest absolute Gasteiger partial charge is 0.497 e. The quantitative estimate of drug-likeness (QED) is 0.612. The van der Waals surface area contributed by atoms with Gasteiger partial charge in [-0.2, -0.15) is 5.10 Å². The molecule has 1 heterocycles. The van der Waals surface area contributed by atoms with Gasteiger partial charge < -0.3 is 4.74 Å². The zero-order chi connectivity index (χ0) is 20.3. The van der Waals surface area contributed by atoms with Crippen LogP contribution in [-0.2, 0) is 10.0 Å². The van der Waals surface area contributed by atoms with Gasteiger partial charge in [-0.15, -0.1) is 4.83 Å². The van der Waals surface area contributed by atoms with Crippen molar-refractivity contribution in [1.29, 1.82) is 0 Å². The normalized spacial score (nSPS) is 11.2. The van der Waals surface area contributed by atoms with E-state index in [0.29, 0.717) is 11.4 Å². The van der Waals surface area contributed by atoms with Crippen molar-refractivity contribution in [3.8, 4) is 11.4 Å². The summed E-state index contributed by atoms with van der Waals surface area (Å²) >= 11 is 0. The first-order valence-corrected chi connectivity index (χ1v) is 9.57. The van der Waals surface area contributed by atoms with Crippen LogP contribution in [0.25, 0.3) is 5.69 Å². The number of hydrogen-bond donors (Lipinski definition) is 2. The van der Waals surface area contributed by atoms with Crippen molar-refractivity contribution in [3.63, 3.8) is 0 Å². The maximum Gasteiger partial charge on any atom is 0.266 e. The van der Waals surface area contributed by atoms with Crippen LogP contribution in [0.3, 0.4) is 0 Å². The van der Waals surface area contributed by atoms with E-state index in [1.807, 2.05) is 11.8 Å². The molecule has 1 aromatic heterocycles. The van der Waals surface area contributed by atoms with Gasteiger partial charge in [-0.05, 0) is 37.3 Å². The monoisotopic (exact) mass is 404 g/mol. The van der Waals surface area contributed by atoms with Crippen molar-refractivity contribution in [3.05, 3.63) is 71.8 Å². The first-order chi connectivity index (χ1) is 13.3.